The maximum absolute atomic E-state index is 4.07. The smallest absolute Gasteiger partial charge is 0.0163 e. The molecular weight excluding hydrogens is 142 g/mol. The van der Waals surface area contributed by atoms with E-state index >= 15 is 0 Å². The Bertz CT molecular complexity index is 99.4. The highest BCUT2D eigenvalue weighted by Gasteiger charge is 1.97. The van der Waals surface area contributed by atoms with Gasteiger partial charge in [0.15, 0.2) is 0 Å². The van der Waals surface area contributed by atoms with Gasteiger partial charge < -0.3 is 4.90 Å². The normalized spacial score (nSPS) is 12.2. The molecule has 0 spiro atoms. The molecule has 0 amide bonds. The molecule has 0 rings (SSSR count). The molecule has 0 aromatic carbocycles. The molecule has 2 heteroatoms. The number of hydrogen-bond donors (Lipinski definition) is 1. The summed E-state index contributed by atoms with van der Waals surface area (Å²) in [6.07, 6.45) is 4.22. The predicted octanol–water partition coefficient (Wildman–Crippen LogP) is 1.81. The van der Waals surface area contributed by atoms with Crippen LogP contribution in [0.3, 0.4) is 0 Å². The first kappa shape index (κ1) is 10.0. The Hall–Kier alpha value is 0.0500. The van der Waals surface area contributed by atoms with Crippen molar-refractivity contribution in [2.24, 2.45) is 0 Å². The van der Waals surface area contributed by atoms with Crippen molar-refractivity contribution in [3.05, 3.63) is 12.2 Å². The van der Waals surface area contributed by atoms with Gasteiger partial charge in [0.1, 0.15) is 0 Å². The highest BCUT2D eigenvalue weighted by Crippen LogP contribution is 1.92. The van der Waals surface area contributed by atoms with Gasteiger partial charge in [-0.05, 0) is 20.9 Å². The van der Waals surface area contributed by atoms with E-state index < -0.39 is 0 Å². The molecule has 0 aromatic rings. The first-order chi connectivity index (χ1) is 4.68. The summed E-state index contributed by atoms with van der Waals surface area (Å²) in [4.78, 5) is 2.28. The number of hydrogen-bond acceptors (Lipinski definition) is 2. The maximum atomic E-state index is 4.07. The maximum Gasteiger partial charge on any atom is 0.0163 e. The van der Waals surface area contributed by atoms with E-state index in [2.05, 4.69) is 50.6 Å². The lowest BCUT2D eigenvalue weighted by molar-refractivity contribution is 0.303. The third kappa shape index (κ3) is 4.89. The molecule has 1 nitrogen and oxygen atoms in total. The summed E-state index contributed by atoms with van der Waals surface area (Å²) in [7, 11) is 2.12. The first-order valence-electron chi connectivity index (χ1n) is 3.64. The van der Waals surface area contributed by atoms with Gasteiger partial charge in [0.2, 0.25) is 0 Å². The molecule has 0 radical (unpaired) electrons. The van der Waals surface area contributed by atoms with Crippen LogP contribution in [-0.2, 0) is 0 Å². The summed E-state index contributed by atoms with van der Waals surface area (Å²) in [5.41, 5.74) is 0. The second-order valence-corrected chi connectivity index (χ2v) is 3.05. The van der Waals surface area contributed by atoms with Gasteiger partial charge in [-0.25, -0.2) is 0 Å². The lowest BCUT2D eigenvalue weighted by atomic mass is 10.3. The van der Waals surface area contributed by atoms with Crippen molar-refractivity contribution in [1.82, 2.24) is 4.90 Å². The van der Waals surface area contributed by atoms with E-state index in [1.807, 2.05) is 0 Å². The monoisotopic (exact) mass is 159 g/mol. The van der Waals surface area contributed by atoms with E-state index in [0.717, 1.165) is 12.3 Å². The standard InChI is InChI=1S/C8H17NS/c1-8(2)9(3)6-4-5-7-10/h4-5,8,10H,6-7H2,1-3H3. The minimum atomic E-state index is 0.629. The quantitative estimate of drug-likeness (QED) is 0.484. The third-order valence-corrected chi connectivity index (χ3v) is 1.76. The number of rotatable bonds is 4. The molecule has 0 atom stereocenters. The molecular formula is C8H17NS. The van der Waals surface area contributed by atoms with Gasteiger partial charge in [-0.2, -0.15) is 12.6 Å². The fourth-order valence-corrected chi connectivity index (χ4v) is 0.675. The zero-order valence-corrected chi connectivity index (χ0v) is 7.94. The summed E-state index contributed by atoms with van der Waals surface area (Å²) in [6.45, 7) is 5.40. The van der Waals surface area contributed by atoms with Gasteiger partial charge in [0.05, 0.1) is 0 Å². The van der Waals surface area contributed by atoms with Crippen LogP contribution in [-0.4, -0.2) is 30.3 Å². The summed E-state index contributed by atoms with van der Waals surface area (Å²) >= 11 is 4.07. The van der Waals surface area contributed by atoms with Crippen LogP contribution in [0.1, 0.15) is 13.8 Å². The van der Waals surface area contributed by atoms with Crippen LogP contribution in [0.15, 0.2) is 12.2 Å². The largest absolute Gasteiger partial charge is 0.300 e. The van der Waals surface area contributed by atoms with Gasteiger partial charge >= 0.3 is 0 Å². The van der Waals surface area contributed by atoms with Gasteiger partial charge in [0.25, 0.3) is 0 Å². The van der Waals surface area contributed by atoms with Crippen LogP contribution < -0.4 is 0 Å². The van der Waals surface area contributed by atoms with Crippen molar-refractivity contribution >= 4 is 12.6 Å². The van der Waals surface area contributed by atoms with E-state index in [9.17, 15) is 0 Å². The van der Waals surface area contributed by atoms with Crippen LogP contribution in [0.2, 0.25) is 0 Å². The average Bonchev–Trinajstić information content (AvgIpc) is 1.88. The molecule has 0 aromatic heterocycles. The van der Waals surface area contributed by atoms with E-state index in [1.54, 1.807) is 0 Å². The fourth-order valence-electron chi connectivity index (χ4n) is 0.526. The summed E-state index contributed by atoms with van der Waals surface area (Å²) in [5.74, 6) is 0.839. The van der Waals surface area contributed by atoms with E-state index in [1.165, 1.54) is 0 Å². The van der Waals surface area contributed by atoms with Gasteiger partial charge in [0, 0.05) is 18.3 Å². The van der Waals surface area contributed by atoms with E-state index in [-0.39, 0.29) is 0 Å². The molecule has 60 valence electrons. The molecule has 0 saturated carbocycles. The Labute approximate surface area is 69.5 Å². The minimum absolute atomic E-state index is 0.629. The molecule has 0 saturated heterocycles. The first-order valence-corrected chi connectivity index (χ1v) is 4.27. The summed E-state index contributed by atoms with van der Waals surface area (Å²) < 4.78 is 0. The van der Waals surface area contributed by atoms with Crippen molar-refractivity contribution in [3.63, 3.8) is 0 Å². The molecule has 0 aliphatic rings. The van der Waals surface area contributed by atoms with Crippen molar-refractivity contribution in [2.45, 2.75) is 19.9 Å². The highest BCUT2D eigenvalue weighted by atomic mass is 32.1. The van der Waals surface area contributed by atoms with Crippen molar-refractivity contribution in [3.8, 4) is 0 Å². The summed E-state index contributed by atoms with van der Waals surface area (Å²) in [6, 6.07) is 0.629. The summed E-state index contributed by atoms with van der Waals surface area (Å²) in [5, 5.41) is 0. The average molecular weight is 159 g/mol. The Morgan fingerprint density at radius 2 is 2.00 bits per heavy atom. The van der Waals surface area contributed by atoms with Crippen LogP contribution in [0, 0.1) is 0 Å². The Kier molecular flexibility index (Phi) is 5.84. The fraction of sp³-hybridized carbons (Fsp3) is 0.750. The zero-order valence-electron chi connectivity index (χ0n) is 7.04. The molecule has 0 unspecified atom stereocenters. The Morgan fingerprint density at radius 1 is 1.40 bits per heavy atom. The lowest BCUT2D eigenvalue weighted by Gasteiger charge is -2.18. The minimum Gasteiger partial charge on any atom is -0.300 e. The molecule has 0 aliphatic heterocycles. The molecule has 0 heterocycles. The SMILES string of the molecule is CC(C)N(C)CC=CCS. The number of likely N-dealkylation sites (N-methyl/N-ethyl adjacent to an activating group) is 1. The van der Waals surface area contributed by atoms with Crippen LogP contribution in [0.25, 0.3) is 0 Å². The van der Waals surface area contributed by atoms with Crippen LogP contribution in [0.4, 0.5) is 0 Å². The van der Waals surface area contributed by atoms with E-state index in [4.69, 9.17) is 0 Å². The van der Waals surface area contributed by atoms with Crippen LogP contribution >= 0.6 is 12.6 Å². The van der Waals surface area contributed by atoms with Crippen LogP contribution in [0.5, 0.6) is 0 Å². The topological polar surface area (TPSA) is 3.24 Å². The molecule has 0 N–H and O–H groups in total. The van der Waals surface area contributed by atoms with Crippen molar-refractivity contribution in [2.75, 3.05) is 19.3 Å². The predicted molar refractivity (Wildman–Crippen MR) is 50.8 cm³/mol. The lowest BCUT2D eigenvalue weighted by Crippen LogP contribution is -2.26. The van der Waals surface area contributed by atoms with Gasteiger partial charge in [-0.1, -0.05) is 12.2 Å². The highest BCUT2D eigenvalue weighted by molar-refractivity contribution is 7.80. The third-order valence-electron chi connectivity index (χ3n) is 1.55. The zero-order chi connectivity index (χ0) is 7.98. The second-order valence-electron chi connectivity index (χ2n) is 2.69. The number of nitrogens with zero attached hydrogens (tertiary/aromatic N) is 1. The van der Waals surface area contributed by atoms with Gasteiger partial charge in [-0.3, -0.25) is 0 Å². The molecule has 0 fully saturated rings. The number of thiol groups is 1. The Morgan fingerprint density at radius 3 is 2.40 bits per heavy atom. The van der Waals surface area contributed by atoms with Crippen molar-refractivity contribution in [1.29, 1.82) is 0 Å². The Balaban J connectivity index is 3.38. The van der Waals surface area contributed by atoms with Gasteiger partial charge in [-0.15, -0.1) is 0 Å². The second kappa shape index (κ2) is 5.81. The van der Waals surface area contributed by atoms with Crippen molar-refractivity contribution < 1.29 is 0 Å². The molecule has 0 aliphatic carbocycles. The molecule has 0 bridgehead atoms. The van der Waals surface area contributed by atoms with E-state index in [0.29, 0.717) is 6.04 Å². The molecule has 10 heavy (non-hydrogen) atoms.